The number of piperazine rings is 1. The van der Waals surface area contributed by atoms with E-state index in [1.807, 2.05) is 30.5 Å². The summed E-state index contributed by atoms with van der Waals surface area (Å²) in [6.07, 6.45) is 3.20. The van der Waals surface area contributed by atoms with Crippen molar-refractivity contribution in [1.82, 2.24) is 15.2 Å². The predicted molar refractivity (Wildman–Crippen MR) is 104 cm³/mol. The van der Waals surface area contributed by atoms with Crippen LogP contribution in [0.15, 0.2) is 48.8 Å². The van der Waals surface area contributed by atoms with Gasteiger partial charge in [0, 0.05) is 50.8 Å². The first-order chi connectivity index (χ1) is 13.2. The van der Waals surface area contributed by atoms with Crippen LogP contribution in [0.4, 0.5) is 10.5 Å². The lowest BCUT2D eigenvalue weighted by Gasteiger charge is -2.40. The van der Waals surface area contributed by atoms with E-state index in [0.717, 1.165) is 37.5 Å². The average Bonchev–Trinajstić information content (AvgIpc) is 2.75. The van der Waals surface area contributed by atoms with E-state index in [2.05, 4.69) is 32.2 Å². The summed E-state index contributed by atoms with van der Waals surface area (Å²) in [5.41, 5.74) is 2.29. The number of pyridine rings is 1. The third-order valence-electron chi connectivity index (χ3n) is 4.89. The minimum absolute atomic E-state index is 0.0656. The molecule has 7 heteroatoms. The van der Waals surface area contributed by atoms with Gasteiger partial charge in [0.2, 0.25) is 0 Å². The third kappa shape index (κ3) is 4.89. The van der Waals surface area contributed by atoms with Crippen molar-refractivity contribution < 1.29 is 14.3 Å². The Balaban J connectivity index is 1.65. The van der Waals surface area contributed by atoms with Gasteiger partial charge in [-0.2, -0.15) is 0 Å². The molecule has 0 bridgehead atoms. The van der Waals surface area contributed by atoms with Gasteiger partial charge in [0.05, 0.1) is 20.3 Å². The minimum atomic E-state index is -0.416. The zero-order chi connectivity index (χ0) is 19.1. The van der Waals surface area contributed by atoms with Crippen LogP contribution in [0.5, 0.6) is 5.75 Å². The number of anilines is 1. The Morgan fingerprint density at radius 3 is 2.48 bits per heavy atom. The number of nitrogens with zero attached hydrogens (tertiary/aromatic N) is 3. The first kappa shape index (κ1) is 19.0. The highest BCUT2D eigenvalue weighted by molar-refractivity contribution is 5.66. The van der Waals surface area contributed by atoms with Gasteiger partial charge in [0.25, 0.3) is 0 Å². The Bertz CT molecular complexity index is 716. The summed E-state index contributed by atoms with van der Waals surface area (Å²) in [5.74, 6) is 0.864. The second-order valence-corrected chi connectivity index (χ2v) is 6.40. The number of nitrogens with one attached hydrogen (secondary N) is 1. The van der Waals surface area contributed by atoms with E-state index in [0.29, 0.717) is 6.54 Å². The van der Waals surface area contributed by atoms with E-state index < -0.39 is 6.09 Å². The summed E-state index contributed by atoms with van der Waals surface area (Å²) in [6, 6.07) is 12.2. The van der Waals surface area contributed by atoms with Crippen LogP contribution >= 0.6 is 0 Å². The normalized spacial score (nSPS) is 15.9. The molecule has 1 aliphatic rings. The molecule has 1 saturated heterocycles. The molecule has 0 radical (unpaired) electrons. The minimum Gasteiger partial charge on any atom is -0.497 e. The predicted octanol–water partition coefficient (Wildman–Crippen LogP) is 2.31. The molecule has 2 aromatic rings. The molecule has 1 N–H and O–H groups in total. The monoisotopic (exact) mass is 370 g/mol. The van der Waals surface area contributed by atoms with Crippen molar-refractivity contribution in [2.75, 3.05) is 51.8 Å². The molecule has 144 valence electrons. The molecular formula is C20H26N4O3. The molecule has 3 rings (SSSR count). The van der Waals surface area contributed by atoms with Gasteiger partial charge in [-0.1, -0.05) is 6.07 Å². The van der Waals surface area contributed by atoms with Crippen LogP contribution in [0, 0.1) is 0 Å². The maximum Gasteiger partial charge on any atom is 0.406 e. The maximum atomic E-state index is 11.5. The number of benzene rings is 1. The topological polar surface area (TPSA) is 66.9 Å². The molecule has 27 heavy (non-hydrogen) atoms. The van der Waals surface area contributed by atoms with E-state index >= 15 is 0 Å². The second-order valence-electron chi connectivity index (χ2n) is 6.40. The molecule has 2 heterocycles. The zero-order valence-corrected chi connectivity index (χ0v) is 15.8. The number of hydrogen-bond donors (Lipinski definition) is 1. The van der Waals surface area contributed by atoms with Crippen LogP contribution in [-0.2, 0) is 4.74 Å². The molecule has 1 aromatic carbocycles. The second kappa shape index (κ2) is 9.23. The number of carbonyl (C=O) groups is 1. The molecule has 0 saturated carbocycles. The van der Waals surface area contributed by atoms with Gasteiger partial charge >= 0.3 is 6.09 Å². The van der Waals surface area contributed by atoms with Gasteiger partial charge in [0.15, 0.2) is 0 Å². The van der Waals surface area contributed by atoms with Crippen LogP contribution in [0.2, 0.25) is 0 Å². The average molecular weight is 370 g/mol. The number of hydrogen-bond acceptors (Lipinski definition) is 6. The summed E-state index contributed by atoms with van der Waals surface area (Å²) >= 11 is 0. The Morgan fingerprint density at radius 2 is 1.89 bits per heavy atom. The molecule has 7 nitrogen and oxygen atoms in total. The van der Waals surface area contributed by atoms with Crippen molar-refractivity contribution in [2.45, 2.75) is 6.04 Å². The van der Waals surface area contributed by atoms with E-state index in [4.69, 9.17) is 9.47 Å². The number of alkyl carbamates (subject to hydrolysis) is 1. The highest BCUT2D eigenvalue weighted by atomic mass is 16.5. The van der Waals surface area contributed by atoms with Crippen molar-refractivity contribution in [2.24, 2.45) is 0 Å². The molecule has 0 unspecified atom stereocenters. The van der Waals surface area contributed by atoms with Crippen molar-refractivity contribution >= 4 is 11.8 Å². The number of carbonyl (C=O) groups excluding carboxylic acids is 1. The van der Waals surface area contributed by atoms with Crippen LogP contribution in [0.25, 0.3) is 0 Å². The van der Waals surface area contributed by atoms with Gasteiger partial charge in [0.1, 0.15) is 5.75 Å². The summed E-state index contributed by atoms with van der Waals surface area (Å²) in [4.78, 5) is 20.5. The quantitative estimate of drug-likeness (QED) is 0.842. The van der Waals surface area contributed by atoms with Crippen LogP contribution < -0.4 is 15.0 Å². The molecule has 1 aliphatic heterocycles. The number of amides is 1. The van der Waals surface area contributed by atoms with Crippen molar-refractivity contribution in [3.63, 3.8) is 0 Å². The number of methoxy groups -OCH3 is 2. The fourth-order valence-corrected chi connectivity index (χ4v) is 3.37. The van der Waals surface area contributed by atoms with E-state index in [9.17, 15) is 4.79 Å². The van der Waals surface area contributed by atoms with Gasteiger partial charge < -0.3 is 19.7 Å². The fraction of sp³-hybridized carbons (Fsp3) is 0.400. The smallest absolute Gasteiger partial charge is 0.406 e. The molecule has 0 aliphatic carbocycles. The van der Waals surface area contributed by atoms with Crippen LogP contribution in [0.1, 0.15) is 11.6 Å². The fourth-order valence-electron chi connectivity index (χ4n) is 3.37. The Labute approximate surface area is 159 Å². The largest absolute Gasteiger partial charge is 0.497 e. The lowest BCUT2D eigenvalue weighted by atomic mass is 10.1. The number of rotatable bonds is 6. The standard InChI is InChI=1S/C20H26N4O3/c1-26-18-7-5-17(6-8-18)23-10-12-24(13-11-23)19(15-22-20(25)27-2)16-4-3-9-21-14-16/h3-9,14,19H,10-13,15H2,1-2H3,(H,22,25)/t19-/m0/s1. The van der Waals surface area contributed by atoms with Crippen LogP contribution in [0.3, 0.4) is 0 Å². The molecule has 1 aromatic heterocycles. The molecule has 1 fully saturated rings. The van der Waals surface area contributed by atoms with Crippen molar-refractivity contribution in [1.29, 1.82) is 0 Å². The molecule has 1 amide bonds. The Morgan fingerprint density at radius 1 is 1.15 bits per heavy atom. The van der Waals surface area contributed by atoms with Crippen LogP contribution in [-0.4, -0.2) is 62.9 Å². The Kier molecular flexibility index (Phi) is 6.49. The SMILES string of the molecule is COC(=O)NC[C@@H](c1cccnc1)N1CCN(c2ccc(OC)cc2)CC1. The maximum absolute atomic E-state index is 11.5. The van der Waals surface area contributed by atoms with Crippen molar-refractivity contribution in [3.8, 4) is 5.75 Å². The molecule has 1 atom stereocenters. The Hall–Kier alpha value is -2.80. The summed E-state index contributed by atoms with van der Waals surface area (Å²) in [7, 11) is 3.05. The first-order valence-electron chi connectivity index (χ1n) is 9.06. The zero-order valence-electron chi connectivity index (χ0n) is 15.8. The highest BCUT2D eigenvalue weighted by Gasteiger charge is 2.26. The van der Waals surface area contributed by atoms with Gasteiger partial charge in [-0.3, -0.25) is 9.88 Å². The first-order valence-corrected chi connectivity index (χ1v) is 9.06. The number of ether oxygens (including phenoxy) is 2. The lowest BCUT2D eigenvalue weighted by Crippen LogP contribution is -2.50. The van der Waals surface area contributed by atoms with E-state index in [1.54, 1.807) is 13.3 Å². The third-order valence-corrected chi connectivity index (χ3v) is 4.89. The highest BCUT2D eigenvalue weighted by Crippen LogP contribution is 2.24. The van der Waals surface area contributed by atoms with Gasteiger partial charge in [-0.15, -0.1) is 0 Å². The van der Waals surface area contributed by atoms with Gasteiger partial charge in [-0.25, -0.2) is 4.79 Å². The molecular weight excluding hydrogens is 344 g/mol. The van der Waals surface area contributed by atoms with Gasteiger partial charge in [-0.05, 0) is 35.9 Å². The van der Waals surface area contributed by atoms with E-state index in [-0.39, 0.29) is 6.04 Å². The molecule has 0 spiro atoms. The number of aromatic nitrogens is 1. The van der Waals surface area contributed by atoms with Crippen molar-refractivity contribution in [3.05, 3.63) is 54.4 Å². The van der Waals surface area contributed by atoms with E-state index in [1.165, 1.54) is 12.8 Å². The summed E-state index contributed by atoms with van der Waals surface area (Å²) in [6.45, 7) is 4.12. The summed E-state index contributed by atoms with van der Waals surface area (Å²) in [5, 5.41) is 2.83. The lowest BCUT2D eigenvalue weighted by molar-refractivity contribution is 0.154. The summed E-state index contributed by atoms with van der Waals surface area (Å²) < 4.78 is 9.95.